The summed E-state index contributed by atoms with van der Waals surface area (Å²) in [6, 6.07) is 31.5. The molecule has 0 aliphatic rings. The Labute approximate surface area is 375 Å². The van der Waals surface area contributed by atoms with Gasteiger partial charge in [0.25, 0.3) is 11.4 Å². The molecule has 1 N–H and O–H groups in total. The maximum atomic E-state index is 12.9. The second-order valence-corrected chi connectivity index (χ2v) is 17.7. The summed E-state index contributed by atoms with van der Waals surface area (Å²) in [5, 5.41) is 29.4. The van der Waals surface area contributed by atoms with Gasteiger partial charge in [-0.25, -0.2) is 18.4 Å². The van der Waals surface area contributed by atoms with Gasteiger partial charge in [0, 0.05) is 58.2 Å². The molecule has 304 valence electrons. The average molecular weight is 940 g/mol. The maximum absolute atomic E-state index is 12.9. The Morgan fingerprint density at radius 2 is 0.950 bits per heavy atom. The Balaban J connectivity index is 0.000000182. The van der Waals surface area contributed by atoms with Crippen molar-refractivity contribution >= 4 is 113 Å². The predicted molar refractivity (Wildman–Crippen MR) is 246 cm³/mol. The highest BCUT2D eigenvalue weighted by Gasteiger charge is 2.26. The van der Waals surface area contributed by atoms with Gasteiger partial charge in [0.15, 0.2) is 12.4 Å². The van der Waals surface area contributed by atoms with Crippen LogP contribution in [0.3, 0.4) is 0 Å². The number of aromatic nitrogens is 4. The Bertz CT molecular complexity index is 3060. The largest absolute Gasteiger partial charge is 0.618 e. The number of sulfonamides is 1. The molecular formula is C43H30Cl6N6O4S. The fourth-order valence-corrected chi connectivity index (χ4v) is 8.73. The van der Waals surface area contributed by atoms with E-state index in [0.717, 1.165) is 27.5 Å². The van der Waals surface area contributed by atoms with Crippen molar-refractivity contribution in [2.24, 2.45) is 0 Å². The van der Waals surface area contributed by atoms with E-state index in [1.54, 1.807) is 78.9 Å². The Morgan fingerprint density at radius 1 is 0.550 bits per heavy atom. The highest BCUT2D eigenvalue weighted by atomic mass is 35.5. The van der Waals surface area contributed by atoms with E-state index in [1.807, 2.05) is 49.3 Å². The van der Waals surface area contributed by atoms with Gasteiger partial charge in [-0.3, -0.25) is 4.72 Å². The summed E-state index contributed by atoms with van der Waals surface area (Å²) in [4.78, 5) is 11.1. The van der Waals surface area contributed by atoms with E-state index in [9.17, 15) is 18.8 Å². The second kappa shape index (κ2) is 17.5. The molecular weight excluding hydrogens is 909 g/mol. The van der Waals surface area contributed by atoms with E-state index in [-0.39, 0.29) is 27.1 Å². The summed E-state index contributed by atoms with van der Waals surface area (Å²) < 4.78 is 27.5. The van der Waals surface area contributed by atoms with Crippen molar-refractivity contribution in [3.8, 4) is 44.8 Å². The van der Waals surface area contributed by atoms with Crippen LogP contribution in [-0.2, 0) is 10.0 Å². The van der Waals surface area contributed by atoms with Crippen molar-refractivity contribution in [1.82, 2.24) is 9.97 Å². The lowest BCUT2D eigenvalue weighted by Crippen LogP contribution is -2.29. The smallest absolute Gasteiger partial charge is 0.253 e. The number of nitrogens with one attached hydrogen (secondary N) is 1. The molecule has 4 aromatic heterocycles. The van der Waals surface area contributed by atoms with Gasteiger partial charge in [0.1, 0.15) is 22.7 Å². The van der Waals surface area contributed by atoms with Crippen molar-refractivity contribution in [1.29, 1.82) is 0 Å². The van der Waals surface area contributed by atoms with Crippen molar-refractivity contribution in [3.63, 3.8) is 0 Å². The van der Waals surface area contributed by atoms with E-state index in [2.05, 4.69) is 9.71 Å². The van der Waals surface area contributed by atoms with Gasteiger partial charge < -0.3 is 15.3 Å². The zero-order valence-electron chi connectivity index (χ0n) is 31.6. The lowest BCUT2D eigenvalue weighted by Gasteiger charge is -2.18. The number of rotatable bonds is 7. The molecule has 0 fully saturated rings. The average Bonchev–Trinajstić information content (AvgIpc) is 3.18. The lowest BCUT2D eigenvalue weighted by molar-refractivity contribution is -0.592. The van der Waals surface area contributed by atoms with Gasteiger partial charge >= 0.3 is 0 Å². The molecule has 0 spiro atoms. The van der Waals surface area contributed by atoms with E-state index in [1.165, 1.54) is 12.4 Å². The lowest BCUT2D eigenvalue weighted by atomic mass is 9.99. The normalized spacial score (nSPS) is 11.3. The molecule has 4 aromatic carbocycles. The van der Waals surface area contributed by atoms with Crippen LogP contribution in [0.4, 0.5) is 11.6 Å². The molecule has 17 heteroatoms. The van der Waals surface area contributed by atoms with Crippen LogP contribution < -0.4 is 19.1 Å². The number of anilines is 2. The number of nitrogens with zero attached hydrogens (tertiary/aromatic N) is 5. The number of pyridine rings is 4. The molecule has 8 rings (SSSR count). The zero-order valence-corrected chi connectivity index (χ0v) is 36.9. The first kappa shape index (κ1) is 43.0. The minimum absolute atomic E-state index is 0.0283. The van der Waals surface area contributed by atoms with Crippen LogP contribution >= 0.6 is 69.6 Å². The van der Waals surface area contributed by atoms with Crippen molar-refractivity contribution in [3.05, 3.63) is 162 Å². The SMILES string of the molecule is CN(C)c1cc(-c2ccccc2Cl)c2cc[n+]([O-])c(-c3c(Cl)cccc3Cl)c2n1.CS(=O)(=O)Nc1cc(-c2ccccc2Cl)c2cc[n+]([O-])c(-c3c(Cl)cccc3Cl)c2n1. The maximum Gasteiger partial charge on any atom is 0.253 e. The molecule has 0 saturated heterocycles. The third-order valence-electron chi connectivity index (χ3n) is 9.22. The summed E-state index contributed by atoms with van der Waals surface area (Å²) in [5.74, 6) is 0.712. The fraction of sp³-hybridized carbons (Fsp3) is 0.0698. The number of fused-ring (bicyclic) bond motifs is 2. The second-order valence-electron chi connectivity index (χ2n) is 13.5. The molecule has 0 unspecified atom stereocenters. The molecule has 0 amide bonds. The van der Waals surface area contributed by atoms with Gasteiger partial charge in [-0.1, -0.05) is 118 Å². The standard InChI is InChI=1S/C22H16Cl3N3O.C21H14Cl3N3O3S/c1-27(2)19-12-15(13-6-3-4-7-16(13)23)14-10-11-28(29)22(21(14)26-19)20-17(24)8-5-9-18(20)25;1-31(29,30)26-18-11-14(12-5-2-3-6-15(12)22)13-9-10-27(28)21(20(13)25-18)19-16(23)7-4-8-17(19)24/h3-12H,1-2H3;2-11H,1H3,(H,25,26). The summed E-state index contributed by atoms with van der Waals surface area (Å²) >= 11 is 38.5. The third-order valence-corrected chi connectivity index (χ3v) is 11.7. The highest BCUT2D eigenvalue weighted by molar-refractivity contribution is 7.92. The van der Waals surface area contributed by atoms with E-state index in [4.69, 9.17) is 74.6 Å². The van der Waals surface area contributed by atoms with Crippen molar-refractivity contribution in [2.45, 2.75) is 0 Å². The van der Waals surface area contributed by atoms with Crippen LogP contribution in [-0.4, -0.2) is 38.7 Å². The van der Waals surface area contributed by atoms with Crippen LogP contribution in [0.5, 0.6) is 0 Å². The number of halogens is 6. The molecule has 4 heterocycles. The summed E-state index contributed by atoms with van der Waals surface area (Å²) in [5.41, 5.74) is 4.81. The molecule has 10 nitrogen and oxygen atoms in total. The monoisotopic (exact) mass is 936 g/mol. The Morgan fingerprint density at radius 3 is 1.37 bits per heavy atom. The van der Waals surface area contributed by atoms with E-state index >= 15 is 0 Å². The molecule has 0 aliphatic heterocycles. The number of benzene rings is 4. The predicted octanol–water partition coefficient (Wildman–Crippen LogP) is 11.8. The minimum Gasteiger partial charge on any atom is -0.618 e. The quantitative estimate of drug-likeness (QED) is 0.124. The number of hydrogen-bond acceptors (Lipinski definition) is 7. The minimum atomic E-state index is -3.64. The van der Waals surface area contributed by atoms with Crippen LogP contribution in [0.1, 0.15) is 0 Å². The zero-order chi connectivity index (χ0) is 43.0. The van der Waals surface area contributed by atoms with Gasteiger partial charge in [0.2, 0.25) is 10.0 Å². The summed E-state index contributed by atoms with van der Waals surface area (Å²) in [6.07, 6.45) is 3.77. The van der Waals surface area contributed by atoms with E-state index in [0.29, 0.717) is 69.5 Å². The topological polar surface area (TPSA) is 129 Å². The molecule has 8 aromatic rings. The number of hydrogen-bond donors (Lipinski definition) is 1. The van der Waals surface area contributed by atoms with Gasteiger partial charge in [0.05, 0.1) is 37.5 Å². The fourth-order valence-electron chi connectivity index (χ4n) is 6.62. The third kappa shape index (κ3) is 8.71. The van der Waals surface area contributed by atoms with Gasteiger partial charge in [-0.15, -0.1) is 0 Å². The van der Waals surface area contributed by atoms with Crippen LogP contribution in [0.2, 0.25) is 30.1 Å². The molecule has 0 aliphatic carbocycles. The van der Waals surface area contributed by atoms with Gasteiger partial charge in [-0.05, 0) is 59.7 Å². The highest BCUT2D eigenvalue weighted by Crippen LogP contribution is 2.42. The first-order valence-corrected chi connectivity index (χ1v) is 21.9. The summed E-state index contributed by atoms with van der Waals surface area (Å²) in [6.45, 7) is 0. The van der Waals surface area contributed by atoms with Crippen molar-refractivity contribution in [2.75, 3.05) is 30.0 Å². The van der Waals surface area contributed by atoms with Crippen LogP contribution in [0.15, 0.2) is 122 Å². The van der Waals surface area contributed by atoms with Crippen molar-refractivity contribution < 1.29 is 17.9 Å². The van der Waals surface area contributed by atoms with Crippen LogP contribution in [0.25, 0.3) is 66.6 Å². The van der Waals surface area contributed by atoms with E-state index < -0.39 is 10.0 Å². The first-order chi connectivity index (χ1) is 28.5. The molecule has 0 radical (unpaired) electrons. The van der Waals surface area contributed by atoms with Crippen LogP contribution in [0, 0.1) is 10.4 Å². The molecule has 60 heavy (non-hydrogen) atoms. The Hall–Kier alpha value is -5.11. The van der Waals surface area contributed by atoms with Gasteiger partial charge in [-0.2, -0.15) is 9.46 Å². The molecule has 0 saturated carbocycles. The molecule has 0 bridgehead atoms. The summed E-state index contributed by atoms with van der Waals surface area (Å²) in [7, 11) is 0.138. The Kier molecular flexibility index (Phi) is 12.5. The molecule has 0 atom stereocenters. The first-order valence-electron chi connectivity index (χ1n) is 17.7.